The van der Waals surface area contributed by atoms with Gasteiger partial charge in [-0.2, -0.15) is 0 Å². The zero-order chi connectivity index (χ0) is 14.0. The van der Waals surface area contributed by atoms with Gasteiger partial charge in [-0.15, -0.1) is 0 Å². The van der Waals surface area contributed by atoms with Crippen molar-refractivity contribution in [2.24, 2.45) is 0 Å². The maximum atomic E-state index is 13.5. The molecule has 1 aliphatic heterocycles. The lowest BCUT2D eigenvalue weighted by molar-refractivity contribution is -0.138. The van der Waals surface area contributed by atoms with Crippen molar-refractivity contribution in [2.75, 3.05) is 6.54 Å². The van der Waals surface area contributed by atoms with Gasteiger partial charge in [0.1, 0.15) is 5.82 Å². The van der Waals surface area contributed by atoms with E-state index in [1.54, 1.807) is 19.1 Å². The number of halogens is 2. The summed E-state index contributed by atoms with van der Waals surface area (Å²) in [6.07, 6.45) is 0.141. The molecule has 1 aliphatic rings. The second-order valence-corrected chi connectivity index (χ2v) is 5.27. The summed E-state index contributed by atoms with van der Waals surface area (Å²) in [5.41, 5.74) is 0.463. The first-order valence-corrected chi connectivity index (χ1v) is 6.83. The van der Waals surface area contributed by atoms with E-state index in [9.17, 15) is 14.0 Å². The van der Waals surface area contributed by atoms with Gasteiger partial charge in [-0.1, -0.05) is 15.9 Å². The Kier molecular flexibility index (Phi) is 4.31. The Morgan fingerprint density at radius 3 is 2.84 bits per heavy atom. The number of carbonyl (C=O) groups excluding carboxylic acids is 2. The summed E-state index contributed by atoms with van der Waals surface area (Å²) in [7, 11) is 0. The van der Waals surface area contributed by atoms with Crippen LogP contribution in [0.4, 0.5) is 4.39 Å². The monoisotopic (exact) mass is 328 g/mol. The smallest absolute Gasteiger partial charge is 0.246 e. The van der Waals surface area contributed by atoms with Gasteiger partial charge in [0.25, 0.3) is 0 Å². The number of nitrogens with zero attached hydrogens (tertiary/aromatic N) is 1. The third-order valence-corrected chi connectivity index (χ3v) is 3.60. The Morgan fingerprint density at radius 1 is 1.47 bits per heavy atom. The number of likely N-dealkylation sites (N-methyl/N-ethyl adjacent to an activating group) is 1. The summed E-state index contributed by atoms with van der Waals surface area (Å²) in [6.45, 7) is 2.35. The molecule has 0 aromatic heterocycles. The first kappa shape index (κ1) is 14.1. The Balaban J connectivity index is 2.02. The molecule has 1 aromatic rings. The number of rotatable bonds is 4. The fourth-order valence-corrected chi connectivity index (χ4v) is 2.50. The zero-order valence-electron chi connectivity index (χ0n) is 10.5. The van der Waals surface area contributed by atoms with Gasteiger partial charge in [-0.25, -0.2) is 4.39 Å². The number of likely N-dealkylation sites (tertiary alicyclic amines) is 1. The van der Waals surface area contributed by atoms with E-state index in [2.05, 4.69) is 21.2 Å². The molecule has 1 unspecified atom stereocenters. The van der Waals surface area contributed by atoms with E-state index >= 15 is 0 Å². The van der Waals surface area contributed by atoms with Crippen molar-refractivity contribution in [3.63, 3.8) is 0 Å². The fraction of sp³-hybridized carbons (Fsp3) is 0.385. The van der Waals surface area contributed by atoms with Crippen LogP contribution < -0.4 is 5.32 Å². The van der Waals surface area contributed by atoms with Crippen LogP contribution in [0, 0.1) is 5.82 Å². The van der Waals surface area contributed by atoms with Gasteiger partial charge < -0.3 is 5.32 Å². The van der Waals surface area contributed by atoms with E-state index in [1.165, 1.54) is 11.0 Å². The van der Waals surface area contributed by atoms with Crippen LogP contribution in [0.5, 0.6) is 0 Å². The molecule has 0 bridgehead atoms. The summed E-state index contributed by atoms with van der Waals surface area (Å²) in [4.78, 5) is 24.6. The standard InChI is InChI=1S/C13H14BrFN2O2/c1-2-17-12(18)6-11(13(17)19)16-7-8-5-9(14)3-4-10(8)15/h3-5,11,16H,2,6-7H2,1H3. The molecule has 0 saturated carbocycles. The van der Waals surface area contributed by atoms with E-state index < -0.39 is 6.04 Å². The Hall–Kier alpha value is -1.27. The summed E-state index contributed by atoms with van der Waals surface area (Å²) in [6, 6.07) is 4.08. The summed E-state index contributed by atoms with van der Waals surface area (Å²) >= 11 is 3.27. The number of hydrogen-bond donors (Lipinski definition) is 1. The predicted molar refractivity (Wildman–Crippen MR) is 71.7 cm³/mol. The lowest BCUT2D eigenvalue weighted by atomic mass is 10.2. The molecule has 1 heterocycles. The molecule has 1 atom stereocenters. The van der Waals surface area contributed by atoms with Gasteiger partial charge in [-0.05, 0) is 25.1 Å². The highest BCUT2D eigenvalue weighted by Crippen LogP contribution is 2.17. The van der Waals surface area contributed by atoms with Crippen molar-refractivity contribution >= 4 is 27.7 Å². The van der Waals surface area contributed by atoms with Crippen molar-refractivity contribution in [1.82, 2.24) is 10.2 Å². The lowest BCUT2D eigenvalue weighted by Gasteiger charge is -2.13. The van der Waals surface area contributed by atoms with Gasteiger partial charge in [0, 0.05) is 23.1 Å². The van der Waals surface area contributed by atoms with Crippen LogP contribution in [-0.4, -0.2) is 29.3 Å². The average molecular weight is 329 g/mol. The lowest BCUT2D eigenvalue weighted by Crippen LogP contribution is -2.38. The normalized spacial score (nSPS) is 19.3. The Morgan fingerprint density at radius 2 is 2.21 bits per heavy atom. The number of imide groups is 1. The first-order chi connectivity index (χ1) is 9.02. The molecule has 0 aliphatic carbocycles. The average Bonchev–Trinajstić information content (AvgIpc) is 2.65. The van der Waals surface area contributed by atoms with Gasteiger partial charge in [0.2, 0.25) is 11.8 Å². The van der Waals surface area contributed by atoms with Gasteiger partial charge in [-0.3, -0.25) is 14.5 Å². The van der Waals surface area contributed by atoms with Gasteiger partial charge in [0.05, 0.1) is 12.5 Å². The quantitative estimate of drug-likeness (QED) is 0.858. The number of benzene rings is 1. The molecule has 102 valence electrons. The van der Waals surface area contributed by atoms with Gasteiger partial charge in [0.15, 0.2) is 0 Å². The highest BCUT2D eigenvalue weighted by atomic mass is 79.9. The highest BCUT2D eigenvalue weighted by Gasteiger charge is 2.37. The maximum Gasteiger partial charge on any atom is 0.246 e. The fourth-order valence-electron chi connectivity index (χ4n) is 2.09. The number of nitrogens with one attached hydrogen (secondary N) is 1. The first-order valence-electron chi connectivity index (χ1n) is 6.04. The summed E-state index contributed by atoms with van der Waals surface area (Å²) in [5, 5.41) is 2.94. The van der Waals surface area contributed by atoms with Crippen molar-refractivity contribution in [3.05, 3.63) is 34.1 Å². The second kappa shape index (κ2) is 5.79. The number of hydrogen-bond acceptors (Lipinski definition) is 3. The molecule has 4 nitrogen and oxygen atoms in total. The zero-order valence-corrected chi connectivity index (χ0v) is 12.0. The minimum absolute atomic E-state index is 0.141. The number of amides is 2. The van der Waals surface area contributed by atoms with E-state index in [4.69, 9.17) is 0 Å². The molecule has 0 radical (unpaired) electrons. The van der Waals surface area contributed by atoms with E-state index in [-0.39, 0.29) is 30.6 Å². The Labute approximate surface area is 119 Å². The molecule has 0 spiro atoms. The Bertz CT molecular complexity index is 521. The molecular formula is C13H14BrFN2O2. The van der Waals surface area contributed by atoms with E-state index in [0.29, 0.717) is 12.1 Å². The van der Waals surface area contributed by atoms with Crippen molar-refractivity contribution in [2.45, 2.75) is 25.9 Å². The molecule has 1 N–H and O–H groups in total. The summed E-state index contributed by atoms with van der Waals surface area (Å²) in [5.74, 6) is -0.748. The molecule has 1 saturated heterocycles. The van der Waals surface area contributed by atoms with Crippen LogP contribution >= 0.6 is 15.9 Å². The molecule has 1 aromatic carbocycles. The number of carbonyl (C=O) groups is 2. The van der Waals surface area contributed by atoms with E-state index in [0.717, 1.165) is 4.47 Å². The van der Waals surface area contributed by atoms with Crippen molar-refractivity contribution in [1.29, 1.82) is 0 Å². The van der Waals surface area contributed by atoms with Crippen LogP contribution in [0.25, 0.3) is 0 Å². The second-order valence-electron chi connectivity index (χ2n) is 4.35. The van der Waals surface area contributed by atoms with Gasteiger partial charge >= 0.3 is 0 Å². The molecule has 1 fully saturated rings. The third kappa shape index (κ3) is 3.01. The highest BCUT2D eigenvalue weighted by molar-refractivity contribution is 9.10. The topological polar surface area (TPSA) is 49.4 Å². The predicted octanol–water partition coefficient (Wildman–Crippen LogP) is 1.83. The molecular weight excluding hydrogens is 315 g/mol. The minimum atomic E-state index is -0.550. The van der Waals surface area contributed by atoms with Crippen LogP contribution in [0.15, 0.2) is 22.7 Å². The molecule has 2 rings (SSSR count). The molecule has 19 heavy (non-hydrogen) atoms. The maximum absolute atomic E-state index is 13.5. The van der Waals surface area contributed by atoms with Crippen LogP contribution in [0.2, 0.25) is 0 Å². The van der Waals surface area contributed by atoms with Crippen LogP contribution in [-0.2, 0) is 16.1 Å². The van der Waals surface area contributed by atoms with Crippen molar-refractivity contribution < 1.29 is 14.0 Å². The molecule has 6 heteroatoms. The SMILES string of the molecule is CCN1C(=O)CC(NCc2cc(Br)ccc2F)C1=O. The van der Waals surface area contributed by atoms with Crippen LogP contribution in [0.3, 0.4) is 0 Å². The van der Waals surface area contributed by atoms with Crippen molar-refractivity contribution in [3.8, 4) is 0 Å². The third-order valence-electron chi connectivity index (χ3n) is 3.11. The largest absolute Gasteiger partial charge is 0.301 e. The minimum Gasteiger partial charge on any atom is -0.301 e. The van der Waals surface area contributed by atoms with Crippen LogP contribution in [0.1, 0.15) is 18.9 Å². The van der Waals surface area contributed by atoms with E-state index in [1.807, 2.05) is 0 Å². The summed E-state index contributed by atoms with van der Waals surface area (Å²) < 4.78 is 14.3. The molecule has 2 amide bonds.